The number of aliphatic hydroxyl groups is 1. The standard InChI is InChI=1S/C15H21FN2O3S/c16-13-3-5-14(6-4-13)22(20,21)18-9-7-17(8-10-18)11-15(19)12-1-2-12/h3-6,12,15,19H,1-2,7-11H2/t15-/m1/s1. The molecule has 3 rings (SSSR count). The van der Waals surface area contributed by atoms with Gasteiger partial charge in [0.25, 0.3) is 0 Å². The zero-order chi connectivity index (χ0) is 15.7. The Balaban J connectivity index is 1.59. The van der Waals surface area contributed by atoms with Crippen LogP contribution in [0.3, 0.4) is 0 Å². The van der Waals surface area contributed by atoms with Gasteiger partial charge in [0.15, 0.2) is 0 Å². The number of sulfonamides is 1. The molecule has 0 amide bonds. The van der Waals surface area contributed by atoms with Crippen molar-refractivity contribution in [3.8, 4) is 0 Å². The Bertz CT molecular complexity index is 608. The summed E-state index contributed by atoms with van der Waals surface area (Å²) in [5, 5.41) is 9.96. The number of benzene rings is 1. The van der Waals surface area contributed by atoms with Crippen LogP contribution in [0.15, 0.2) is 29.2 Å². The Morgan fingerprint density at radius 3 is 2.27 bits per heavy atom. The predicted octanol–water partition coefficient (Wildman–Crippen LogP) is 0.903. The molecule has 7 heteroatoms. The van der Waals surface area contributed by atoms with Crippen molar-refractivity contribution in [2.75, 3.05) is 32.7 Å². The van der Waals surface area contributed by atoms with Gasteiger partial charge in [-0.2, -0.15) is 4.31 Å². The van der Waals surface area contributed by atoms with Crippen LogP contribution in [0.4, 0.5) is 4.39 Å². The number of hydrogen-bond donors (Lipinski definition) is 1. The van der Waals surface area contributed by atoms with Crippen molar-refractivity contribution in [1.29, 1.82) is 0 Å². The van der Waals surface area contributed by atoms with Gasteiger partial charge in [-0.1, -0.05) is 0 Å². The molecule has 1 heterocycles. The van der Waals surface area contributed by atoms with Gasteiger partial charge in [-0.15, -0.1) is 0 Å². The molecule has 1 saturated heterocycles. The summed E-state index contributed by atoms with van der Waals surface area (Å²) in [7, 11) is -3.56. The van der Waals surface area contributed by atoms with Crippen molar-refractivity contribution in [1.82, 2.24) is 9.21 Å². The second-order valence-electron chi connectivity index (χ2n) is 6.06. The topological polar surface area (TPSA) is 60.9 Å². The third-order valence-electron chi connectivity index (χ3n) is 4.39. The molecule has 0 radical (unpaired) electrons. The highest BCUT2D eigenvalue weighted by molar-refractivity contribution is 7.89. The van der Waals surface area contributed by atoms with Gasteiger partial charge in [0.2, 0.25) is 10.0 Å². The third kappa shape index (κ3) is 3.48. The Morgan fingerprint density at radius 1 is 1.14 bits per heavy atom. The van der Waals surface area contributed by atoms with Crippen LogP contribution in [0.2, 0.25) is 0 Å². The Labute approximate surface area is 130 Å². The fourth-order valence-electron chi connectivity index (χ4n) is 2.80. The number of halogens is 1. The third-order valence-corrected chi connectivity index (χ3v) is 6.31. The van der Waals surface area contributed by atoms with Crippen molar-refractivity contribution in [2.24, 2.45) is 5.92 Å². The highest BCUT2D eigenvalue weighted by Crippen LogP contribution is 2.33. The predicted molar refractivity (Wildman–Crippen MR) is 80.3 cm³/mol. The first kappa shape index (κ1) is 15.9. The van der Waals surface area contributed by atoms with Gasteiger partial charge in [0.1, 0.15) is 5.82 Å². The largest absolute Gasteiger partial charge is 0.392 e. The maximum Gasteiger partial charge on any atom is 0.243 e. The number of nitrogens with zero attached hydrogens (tertiary/aromatic N) is 2. The van der Waals surface area contributed by atoms with Gasteiger partial charge in [0, 0.05) is 32.7 Å². The summed E-state index contributed by atoms with van der Waals surface area (Å²) in [5.74, 6) is -0.0150. The van der Waals surface area contributed by atoms with Crippen molar-refractivity contribution in [2.45, 2.75) is 23.8 Å². The van der Waals surface area contributed by atoms with E-state index in [1.54, 1.807) is 0 Å². The lowest BCUT2D eigenvalue weighted by Gasteiger charge is -2.34. The minimum absolute atomic E-state index is 0.125. The molecule has 0 bridgehead atoms. The molecule has 1 aromatic carbocycles. The van der Waals surface area contributed by atoms with Crippen molar-refractivity contribution < 1.29 is 17.9 Å². The van der Waals surface area contributed by atoms with Crippen LogP contribution in [0.5, 0.6) is 0 Å². The van der Waals surface area contributed by atoms with E-state index in [2.05, 4.69) is 4.90 Å². The number of aliphatic hydroxyl groups excluding tert-OH is 1. The van der Waals surface area contributed by atoms with Crippen LogP contribution in [-0.4, -0.2) is 61.6 Å². The van der Waals surface area contributed by atoms with E-state index in [-0.39, 0.29) is 11.0 Å². The lowest BCUT2D eigenvalue weighted by atomic mass is 10.2. The van der Waals surface area contributed by atoms with E-state index >= 15 is 0 Å². The van der Waals surface area contributed by atoms with Crippen molar-refractivity contribution in [3.05, 3.63) is 30.1 Å². The Hall–Kier alpha value is -1.02. The molecular weight excluding hydrogens is 307 g/mol. The van der Waals surface area contributed by atoms with E-state index in [1.165, 1.54) is 16.4 Å². The molecule has 122 valence electrons. The summed E-state index contributed by atoms with van der Waals surface area (Å²) in [4.78, 5) is 2.24. The van der Waals surface area contributed by atoms with Gasteiger partial charge in [-0.3, -0.25) is 4.90 Å². The Kier molecular flexibility index (Phi) is 4.49. The first-order chi connectivity index (χ1) is 10.5. The van der Waals surface area contributed by atoms with Crippen LogP contribution < -0.4 is 0 Å². The van der Waals surface area contributed by atoms with Crippen LogP contribution in [0.25, 0.3) is 0 Å². The molecule has 1 aliphatic carbocycles. The van der Waals surface area contributed by atoms with E-state index < -0.39 is 15.8 Å². The summed E-state index contributed by atoms with van der Waals surface area (Å²) in [6.07, 6.45) is 1.90. The minimum atomic E-state index is -3.56. The highest BCUT2D eigenvalue weighted by atomic mass is 32.2. The first-order valence-corrected chi connectivity index (χ1v) is 9.07. The van der Waals surface area contributed by atoms with Crippen LogP contribution in [-0.2, 0) is 10.0 Å². The summed E-state index contributed by atoms with van der Waals surface area (Å²) >= 11 is 0. The lowest BCUT2D eigenvalue weighted by molar-refractivity contribution is 0.0782. The van der Waals surface area contributed by atoms with Gasteiger partial charge in [-0.05, 0) is 43.0 Å². The van der Waals surface area contributed by atoms with E-state index in [0.29, 0.717) is 38.6 Å². The molecular formula is C15H21FN2O3S. The molecule has 1 aromatic rings. The van der Waals surface area contributed by atoms with Gasteiger partial charge >= 0.3 is 0 Å². The van der Waals surface area contributed by atoms with E-state index in [4.69, 9.17) is 0 Å². The maximum absolute atomic E-state index is 12.9. The first-order valence-electron chi connectivity index (χ1n) is 7.63. The van der Waals surface area contributed by atoms with Crippen LogP contribution in [0, 0.1) is 11.7 Å². The number of β-amino-alcohol motifs (C(OH)–C–C–N with tert-alkyl or cyclic N) is 1. The zero-order valence-corrected chi connectivity index (χ0v) is 13.2. The van der Waals surface area contributed by atoms with Crippen molar-refractivity contribution >= 4 is 10.0 Å². The molecule has 2 aliphatic rings. The smallest absolute Gasteiger partial charge is 0.243 e. The number of rotatable bonds is 5. The molecule has 0 spiro atoms. The maximum atomic E-state index is 12.9. The minimum Gasteiger partial charge on any atom is -0.392 e. The molecule has 2 fully saturated rings. The van der Waals surface area contributed by atoms with Crippen LogP contribution >= 0.6 is 0 Å². The van der Waals surface area contributed by atoms with E-state index in [9.17, 15) is 17.9 Å². The fraction of sp³-hybridized carbons (Fsp3) is 0.600. The second kappa shape index (κ2) is 6.23. The van der Waals surface area contributed by atoms with Gasteiger partial charge in [0.05, 0.1) is 11.0 Å². The molecule has 5 nitrogen and oxygen atoms in total. The molecule has 22 heavy (non-hydrogen) atoms. The highest BCUT2D eigenvalue weighted by Gasteiger charge is 2.33. The second-order valence-corrected chi connectivity index (χ2v) is 8.00. The summed E-state index contributed by atoms with van der Waals surface area (Å²) < 4.78 is 39.3. The monoisotopic (exact) mass is 328 g/mol. The summed E-state index contributed by atoms with van der Waals surface area (Å²) in [6, 6.07) is 4.92. The summed E-state index contributed by atoms with van der Waals surface area (Å²) in [6.45, 7) is 2.65. The number of hydrogen-bond acceptors (Lipinski definition) is 4. The molecule has 1 N–H and O–H groups in total. The average molecular weight is 328 g/mol. The molecule has 1 aliphatic heterocycles. The van der Waals surface area contributed by atoms with Gasteiger partial charge < -0.3 is 5.11 Å². The molecule has 0 aromatic heterocycles. The molecule has 1 atom stereocenters. The average Bonchev–Trinajstić information content (AvgIpc) is 3.33. The quantitative estimate of drug-likeness (QED) is 0.872. The Morgan fingerprint density at radius 2 is 1.73 bits per heavy atom. The fourth-order valence-corrected chi connectivity index (χ4v) is 4.22. The van der Waals surface area contributed by atoms with Crippen LogP contribution in [0.1, 0.15) is 12.8 Å². The lowest BCUT2D eigenvalue weighted by Crippen LogP contribution is -2.50. The van der Waals surface area contributed by atoms with E-state index in [1.807, 2.05) is 0 Å². The molecule has 0 unspecified atom stereocenters. The van der Waals surface area contributed by atoms with Crippen molar-refractivity contribution in [3.63, 3.8) is 0 Å². The molecule has 1 saturated carbocycles. The summed E-state index contributed by atoms with van der Waals surface area (Å²) in [5.41, 5.74) is 0. The van der Waals surface area contributed by atoms with Gasteiger partial charge in [-0.25, -0.2) is 12.8 Å². The number of piperazine rings is 1. The SMILES string of the molecule is O=S(=O)(c1ccc(F)cc1)N1CCN(C[C@@H](O)C2CC2)CC1. The normalized spacial score (nSPS) is 22.6. The van der Waals surface area contributed by atoms with E-state index in [0.717, 1.165) is 25.0 Å². The zero-order valence-electron chi connectivity index (χ0n) is 12.4.